The van der Waals surface area contributed by atoms with E-state index < -0.39 is 17.4 Å². The third-order valence-corrected chi connectivity index (χ3v) is 4.82. The molecule has 6 heteroatoms. The van der Waals surface area contributed by atoms with Gasteiger partial charge in [0, 0.05) is 44.6 Å². The number of carbonyl (C=O) groups is 1. The second-order valence-electron chi connectivity index (χ2n) is 6.66. The van der Waals surface area contributed by atoms with E-state index in [-0.39, 0.29) is 18.6 Å². The topological polar surface area (TPSA) is 52.6 Å². The number of nitrogens with zero attached hydrogens (tertiary/aromatic N) is 1. The zero-order chi connectivity index (χ0) is 18.6. The number of para-hydroxylation sites is 1. The lowest BCUT2D eigenvalue weighted by molar-refractivity contribution is -0.136. The van der Waals surface area contributed by atoms with Gasteiger partial charge in [0.1, 0.15) is 0 Å². The van der Waals surface area contributed by atoms with Crippen molar-refractivity contribution in [3.63, 3.8) is 0 Å². The largest absolute Gasteiger partial charge is 0.505 e. The Bertz CT molecular complexity index is 760. The maximum absolute atomic E-state index is 15.0. The van der Waals surface area contributed by atoms with Crippen molar-refractivity contribution < 1.29 is 18.7 Å². The van der Waals surface area contributed by atoms with Crippen molar-refractivity contribution in [2.75, 3.05) is 13.1 Å². The summed E-state index contributed by atoms with van der Waals surface area (Å²) in [6.07, 6.45) is 0.146. The molecule has 0 aliphatic carbocycles. The van der Waals surface area contributed by atoms with Gasteiger partial charge < -0.3 is 10.4 Å². The molecule has 1 fully saturated rings. The summed E-state index contributed by atoms with van der Waals surface area (Å²) in [6, 6.07) is 13.7. The summed E-state index contributed by atoms with van der Waals surface area (Å²) in [7, 11) is 0. The molecule has 0 unspecified atom stereocenters. The minimum Gasteiger partial charge on any atom is -0.505 e. The molecular formula is C20H22F2N2O2. The van der Waals surface area contributed by atoms with E-state index in [4.69, 9.17) is 0 Å². The number of benzene rings is 2. The van der Waals surface area contributed by atoms with Crippen LogP contribution in [0.25, 0.3) is 0 Å². The standard InChI is InChI=1S/C20H22F2N2O2/c21-17-8-4-7-16(18(17)25)14-24-11-9-20(22,10-12-24)19(26)23-13-15-5-2-1-3-6-15/h1-8,25H,9-14H2,(H,23,26). The molecular weight excluding hydrogens is 338 g/mol. The number of halogens is 2. The summed E-state index contributed by atoms with van der Waals surface area (Å²) in [6.45, 7) is 1.36. The number of alkyl halides is 1. The van der Waals surface area contributed by atoms with Crippen molar-refractivity contribution in [2.24, 2.45) is 0 Å². The first kappa shape index (κ1) is 18.3. The fraction of sp³-hybridized carbons (Fsp3) is 0.350. The molecule has 0 bridgehead atoms. The van der Waals surface area contributed by atoms with Crippen LogP contribution in [0.1, 0.15) is 24.0 Å². The number of piperidine rings is 1. The van der Waals surface area contributed by atoms with Crippen LogP contribution in [0.4, 0.5) is 8.78 Å². The molecule has 0 saturated carbocycles. The number of amides is 1. The molecule has 1 saturated heterocycles. The Morgan fingerprint density at radius 2 is 1.81 bits per heavy atom. The minimum atomic E-state index is -1.89. The molecule has 0 atom stereocenters. The van der Waals surface area contributed by atoms with E-state index in [2.05, 4.69) is 5.32 Å². The Labute approximate surface area is 151 Å². The first-order valence-corrected chi connectivity index (χ1v) is 8.68. The highest BCUT2D eigenvalue weighted by Crippen LogP contribution is 2.29. The van der Waals surface area contributed by atoms with E-state index in [1.807, 2.05) is 35.2 Å². The number of likely N-dealkylation sites (tertiary alicyclic amines) is 1. The van der Waals surface area contributed by atoms with E-state index >= 15 is 0 Å². The molecule has 138 valence electrons. The van der Waals surface area contributed by atoms with Gasteiger partial charge in [0.2, 0.25) is 0 Å². The Morgan fingerprint density at radius 1 is 1.12 bits per heavy atom. The number of aromatic hydroxyl groups is 1. The summed E-state index contributed by atoms with van der Waals surface area (Å²) in [5, 5.41) is 12.4. The smallest absolute Gasteiger partial charge is 0.258 e. The summed E-state index contributed by atoms with van der Waals surface area (Å²) in [4.78, 5) is 14.2. The molecule has 0 aromatic heterocycles. The average Bonchev–Trinajstić information content (AvgIpc) is 2.66. The van der Waals surface area contributed by atoms with Gasteiger partial charge >= 0.3 is 0 Å². The fourth-order valence-corrected chi connectivity index (χ4v) is 3.16. The summed E-state index contributed by atoms with van der Waals surface area (Å²) in [5.41, 5.74) is -0.511. The van der Waals surface area contributed by atoms with E-state index in [1.165, 1.54) is 12.1 Å². The number of carbonyl (C=O) groups excluding carboxylic acids is 1. The lowest BCUT2D eigenvalue weighted by atomic mass is 9.92. The first-order valence-electron chi connectivity index (χ1n) is 8.68. The van der Waals surface area contributed by atoms with Gasteiger partial charge in [-0.2, -0.15) is 0 Å². The van der Waals surface area contributed by atoms with Crippen molar-refractivity contribution in [3.05, 3.63) is 65.5 Å². The van der Waals surface area contributed by atoms with E-state index in [1.54, 1.807) is 6.07 Å². The Kier molecular flexibility index (Phi) is 5.52. The van der Waals surface area contributed by atoms with Crippen molar-refractivity contribution in [1.29, 1.82) is 0 Å². The highest BCUT2D eigenvalue weighted by Gasteiger charge is 2.41. The predicted octanol–water partition coefficient (Wildman–Crippen LogP) is 3.15. The lowest BCUT2D eigenvalue weighted by Crippen LogP contribution is -2.50. The Balaban J connectivity index is 1.53. The van der Waals surface area contributed by atoms with Gasteiger partial charge in [-0.05, 0) is 11.6 Å². The van der Waals surface area contributed by atoms with Gasteiger partial charge in [-0.15, -0.1) is 0 Å². The monoisotopic (exact) mass is 360 g/mol. The molecule has 0 radical (unpaired) electrons. The second kappa shape index (κ2) is 7.83. The van der Waals surface area contributed by atoms with Gasteiger partial charge in [0.25, 0.3) is 5.91 Å². The van der Waals surface area contributed by atoms with E-state index in [0.717, 1.165) is 5.56 Å². The first-order chi connectivity index (χ1) is 12.5. The molecule has 4 nitrogen and oxygen atoms in total. The van der Waals surface area contributed by atoms with Gasteiger partial charge in [-0.1, -0.05) is 42.5 Å². The predicted molar refractivity (Wildman–Crippen MR) is 94.7 cm³/mol. The van der Waals surface area contributed by atoms with Crippen LogP contribution in [-0.2, 0) is 17.9 Å². The molecule has 3 rings (SSSR count). The SMILES string of the molecule is O=C(NCc1ccccc1)C1(F)CCN(Cc2cccc(F)c2O)CC1. The van der Waals surface area contributed by atoms with Crippen molar-refractivity contribution in [3.8, 4) is 5.75 Å². The molecule has 2 N–H and O–H groups in total. The average molecular weight is 360 g/mol. The summed E-state index contributed by atoms with van der Waals surface area (Å²) in [5.74, 6) is -1.63. The number of hydrogen-bond donors (Lipinski definition) is 2. The Hall–Kier alpha value is -2.47. The highest BCUT2D eigenvalue weighted by molar-refractivity contribution is 5.85. The maximum atomic E-state index is 15.0. The van der Waals surface area contributed by atoms with Gasteiger partial charge in [0.15, 0.2) is 17.2 Å². The quantitative estimate of drug-likeness (QED) is 0.861. The highest BCUT2D eigenvalue weighted by atomic mass is 19.1. The molecule has 2 aromatic carbocycles. The third-order valence-electron chi connectivity index (χ3n) is 4.82. The molecule has 2 aromatic rings. The number of phenolic OH excluding ortho intramolecular Hbond substituents is 1. The summed E-state index contributed by atoms with van der Waals surface area (Å²) >= 11 is 0. The van der Waals surface area contributed by atoms with E-state index in [9.17, 15) is 18.7 Å². The molecule has 1 heterocycles. The number of nitrogens with one attached hydrogen (secondary N) is 1. The molecule has 26 heavy (non-hydrogen) atoms. The van der Waals surface area contributed by atoms with Crippen molar-refractivity contribution >= 4 is 5.91 Å². The third kappa shape index (κ3) is 4.19. The van der Waals surface area contributed by atoms with Gasteiger partial charge in [-0.25, -0.2) is 8.78 Å². The minimum absolute atomic E-state index is 0.0731. The molecule has 1 aliphatic heterocycles. The Morgan fingerprint density at radius 3 is 2.50 bits per heavy atom. The van der Waals surface area contributed by atoms with Crippen LogP contribution in [0.3, 0.4) is 0 Å². The zero-order valence-electron chi connectivity index (χ0n) is 14.4. The van der Waals surface area contributed by atoms with Crippen LogP contribution >= 0.6 is 0 Å². The molecule has 0 spiro atoms. The van der Waals surface area contributed by atoms with Crippen LogP contribution in [0, 0.1) is 5.82 Å². The maximum Gasteiger partial charge on any atom is 0.258 e. The van der Waals surface area contributed by atoms with Crippen LogP contribution in [0.5, 0.6) is 5.75 Å². The van der Waals surface area contributed by atoms with Gasteiger partial charge in [-0.3, -0.25) is 9.69 Å². The van der Waals surface area contributed by atoms with Crippen LogP contribution < -0.4 is 5.32 Å². The van der Waals surface area contributed by atoms with Gasteiger partial charge in [0.05, 0.1) is 0 Å². The van der Waals surface area contributed by atoms with E-state index in [0.29, 0.717) is 31.7 Å². The lowest BCUT2D eigenvalue weighted by Gasteiger charge is -2.35. The number of hydrogen-bond acceptors (Lipinski definition) is 3. The molecule has 1 aliphatic rings. The summed E-state index contributed by atoms with van der Waals surface area (Å²) < 4.78 is 28.4. The van der Waals surface area contributed by atoms with Crippen LogP contribution in [0.2, 0.25) is 0 Å². The van der Waals surface area contributed by atoms with Crippen LogP contribution in [0.15, 0.2) is 48.5 Å². The molecule has 1 amide bonds. The normalized spacial score (nSPS) is 17.0. The van der Waals surface area contributed by atoms with Crippen molar-refractivity contribution in [1.82, 2.24) is 10.2 Å². The fourth-order valence-electron chi connectivity index (χ4n) is 3.16. The second-order valence-corrected chi connectivity index (χ2v) is 6.66. The van der Waals surface area contributed by atoms with Crippen LogP contribution in [-0.4, -0.2) is 34.7 Å². The zero-order valence-corrected chi connectivity index (χ0v) is 14.4. The number of rotatable bonds is 5. The van der Waals surface area contributed by atoms with Crippen molar-refractivity contribution in [2.45, 2.75) is 31.6 Å². The number of phenols is 1.